The molecule has 4 aromatic rings. The minimum atomic E-state index is -5.26. The van der Waals surface area contributed by atoms with Crippen molar-refractivity contribution in [2.24, 2.45) is 0 Å². The van der Waals surface area contributed by atoms with E-state index >= 15 is 0 Å². The summed E-state index contributed by atoms with van der Waals surface area (Å²) in [6.07, 6.45) is -11.2. The van der Waals surface area contributed by atoms with Crippen molar-refractivity contribution < 1.29 is 46.4 Å². The zero-order valence-electron chi connectivity index (χ0n) is 25.0. The van der Waals surface area contributed by atoms with Gasteiger partial charge in [-0.05, 0) is 22.3 Å². The quantitative estimate of drug-likeness (QED) is 0.141. The monoisotopic (exact) mass is 636 g/mol. The number of halogens is 3. The van der Waals surface area contributed by atoms with Crippen molar-refractivity contribution in [2.75, 3.05) is 6.61 Å². The Kier molecular flexibility index (Phi) is 11.9. The van der Waals surface area contributed by atoms with Crippen LogP contribution in [0.1, 0.15) is 22.3 Å². The highest BCUT2D eigenvalue weighted by Crippen LogP contribution is 2.33. The molecule has 7 nitrogen and oxygen atoms in total. The van der Waals surface area contributed by atoms with Crippen LogP contribution in [0.4, 0.5) is 13.2 Å². The van der Waals surface area contributed by atoms with Gasteiger partial charge in [-0.2, -0.15) is 13.2 Å². The van der Waals surface area contributed by atoms with E-state index in [0.29, 0.717) is 0 Å². The first-order chi connectivity index (χ1) is 22.4. The molecule has 0 aliphatic carbocycles. The van der Waals surface area contributed by atoms with Gasteiger partial charge in [0.25, 0.3) is 0 Å². The summed E-state index contributed by atoms with van der Waals surface area (Å²) in [5.74, 6) is -2.40. The predicted molar refractivity (Wildman–Crippen MR) is 162 cm³/mol. The Hall–Kier alpha value is -4.06. The maximum Gasteiger partial charge on any atom is 0.491 e. The van der Waals surface area contributed by atoms with Crippen molar-refractivity contribution in [3.05, 3.63) is 144 Å². The summed E-state index contributed by atoms with van der Waals surface area (Å²) in [5, 5.41) is 0. The van der Waals surface area contributed by atoms with Gasteiger partial charge in [-0.3, -0.25) is 0 Å². The van der Waals surface area contributed by atoms with Gasteiger partial charge in [-0.25, -0.2) is 4.79 Å². The molecule has 1 fully saturated rings. The molecule has 46 heavy (non-hydrogen) atoms. The largest absolute Gasteiger partial charge is 0.491 e. The molecule has 10 heteroatoms. The first-order valence-electron chi connectivity index (χ1n) is 14.9. The Bertz CT molecular complexity index is 1460. The highest BCUT2D eigenvalue weighted by atomic mass is 19.4. The van der Waals surface area contributed by atoms with Crippen molar-refractivity contribution in [3.63, 3.8) is 0 Å². The number of carbonyl (C=O) groups is 1. The molecule has 0 saturated carbocycles. The van der Waals surface area contributed by atoms with Crippen molar-refractivity contribution in [2.45, 2.75) is 63.3 Å². The summed E-state index contributed by atoms with van der Waals surface area (Å²) >= 11 is 0. The maximum atomic E-state index is 13.5. The third-order valence-corrected chi connectivity index (χ3v) is 7.30. The zero-order chi connectivity index (χ0) is 32.2. The lowest BCUT2D eigenvalue weighted by atomic mass is 9.97. The SMILES string of the molecule is O=C(O[C@H]1O[C@H](COCc2ccccc2)[C@@H](OCc2ccccc2)[C@H](OCc2ccccc2)[C@H]1OCc1ccccc1)C(F)(F)F. The molecule has 5 atom stereocenters. The molecular weight excluding hydrogens is 601 g/mol. The van der Waals surface area contributed by atoms with E-state index in [1.165, 1.54) is 0 Å². The van der Waals surface area contributed by atoms with Crippen LogP contribution in [0.2, 0.25) is 0 Å². The van der Waals surface area contributed by atoms with Gasteiger partial charge in [0.2, 0.25) is 6.29 Å². The second-order valence-electron chi connectivity index (χ2n) is 10.7. The Morgan fingerprint density at radius 2 is 0.957 bits per heavy atom. The Labute approximate surface area is 265 Å². The van der Waals surface area contributed by atoms with Crippen molar-refractivity contribution in [1.29, 1.82) is 0 Å². The summed E-state index contributed by atoms with van der Waals surface area (Å²) in [6, 6.07) is 37.2. The van der Waals surface area contributed by atoms with Crippen molar-refractivity contribution >= 4 is 5.97 Å². The van der Waals surface area contributed by atoms with Gasteiger partial charge in [0, 0.05) is 0 Å². The summed E-state index contributed by atoms with van der Waals surface area (Å²) in [5.41, 5.74) is 3.32. The van der Waals surface area contributed by atoms with Gasteiger partial charge in [-0.15, -0.1) is 0 Å². The summed E-state index contributed by atoms with van der Waals surface area (Å²) in [4.78, 5) is 12.2. The highest BCUT2D eigenvalue weighted by Gasteiger charge is 2.52. The lowest BCUT2D eigenvalue weighted by Crippen LogP contribution is -2.62. The van der Waals surface area contributed by atoms with E-state index in [4.69, 9.17) is 28.4 Å². The number of benzene rings is 4. The predicted octanol–water partition coefficient (Wildman–Crippen LogP) is 6.79. The van der Waals surface area contributed by atoms with Gasteiger partial charge in [-0.1, -0.05) is 121 Å². The third kappa shape index (κ3) is 9.72. The number of ether oxygens (including phenoxy) is 6. The topological polar surface area (TPSA) is 72.5 Å². The highest BCUT2D eigenvalue weighted by molar-refractivity contribution is 5.75. The van der Waals surface area contributed by atoms with Crippen LogP contribution in [-0.4, -0.2) is 49.5 Å². The van der Waals surface area contributed by atoms with Crippen molar-refractivity contribution in [3.8, 4) is 0 Å². The molecule has 5 rings (SSSR count). The first-order valence-corrected chi connectivity index (χ1v) is 14.9. The van der Waals surface area contributed by atoms with Gasteiger partial charge < -0.3 is 28.4 Å². The fraction of sp³-hybridized carbons (Fsp3) is 0.306. The summed E-state index contributed by atoms with van der Waals surface area (Å²) in [7, 11) is 0. The molecule has 4 aromatic carbocycles. The van der Waals surface area contributed by atoms with Gasteiger partial charge in [0.05, 0.1) is 33.0 Å². The molecule has 0 spiro atoms. The Balaban J connectivity index is 1.46. The fourth-order valence-electron chi connectivity index (χ4n) is 5.01. The molecule has 0 aromatic heterocycles. The molecule has 1 saturated heterocycles. The smallest absolute Gasteiger partial charge is 0.426 e. The van der Waals surface area contributed by atoms with E-state index in [2.05, 4.69) is 0 Å². The first kappa shape index (κ1) is 33.3. The Morgan fingerprint density at radius 3 is 1.39 bits per heavy atom. The normalized spacial score (nSPS) is 21.5. The summed E-state index contributed by atoms with van der Waals surface area (Å²) in [6.45, 7) is 0.335. The minimum absolute atomic E-state index is 0.0132. The van der Waals surface area contributed by atoms with Gasteiger partial charge in [0.1, 0.15) is 24.4 Å². The Morgan fingerprint density at radius 1 is 0.565 bits per heavy atom. The van der Waals surface area contributed by atoms with E-state index in [1.54, 1.807) is 0 Å². The van der Waals surface area contributed by atoms with Crippen molar-refractivity contribution in [1.82, 2.24) is 0 Å². The fourth-order valence-corrected chi connectivity index (χ4v) is 5.01. The molecular formula is C36H35F3O7. The van der Waals surface area contributed by atoms with Crippen LogP contribution in [0.15, 0.2) is 121 Å². The molecule has 0 amide bonds. The van der Waals surface area contributed by atoms with Crippen LogP contribution >= 0.6 is 0 Å². The number of rotatable bonds is 14. The molecule has 0 unspecified atom stereocenters. The van der Waals surface area contributed by atoms with Crippen LogP contribution in [0.3, 0.4) is 0 Å². The van der Waals surface area contributed by atoms with Crippen LogP contribution in [-0.2, 0) is 59.6 Å². The number of hydrogen-bond acceptors (Lipinski definition) is 7. The van der Waals surface area contributed by atoms with Crippen LogP contribution in [0, 0.1) is 0 Å². The number of esters is 1. The number of carbonyl (C=O) groups excluding carboxylic acids is 1. The van der Waals surface area contributed by atoms with E-state index in [0.717, 1.165) is 22.3 Å². The molecule has 1 aliphatic heterocycles. The average molecular weight is 637 g/mol. The lowest BCUT2D eigenvalue weighted by molar-refractivity contribution is -0.327. The van der Waals surface area contributed by atoms with Gasteiger partial charge in [0.15, 0.2) is 0 Å². The van der Waals surface area contributed by atoms with Crippen LogP contribution in [0.5, 0.6) is 0 Å². The maximum absolute atomic E-state index is 13.5. The van der Waals surface area contributed by atoms with Gasteiger partial charge >= 0.3 is 12.1 Å². The second kappa shape index (κ2) is 16.5. The molecule has 242 valence electrons. The van der Waals surface area contributed by atoms with E-state index in [1.807, 2.05) is 121 Å². The lowest BCUT2D eigenvalue weighted by Gasteiger charge is -2.45. The second-order valence-corrected chi connectivity index (χ2v) is 10.7. The zero-order valence-corrected chi connectivity index (χ0v) is 25.0. The molecule has 0 N–H and O–H groups in total. The molecule has 1 aliphatic rings. The number of alkyl halides is 3. The number of hydrogen-bond donors (Lipinski definition) is 0. The molecule has 0 bridgehead atoms. The van der Waals surface area contributed by atoms with E-state index < -0.39 is 42.9 Å². The summed E-state index contributed by atoms with van der Waals surface area (Å²) < 4.78 is 76.4. The standard InChI is InChI=1S/C36H35F3O7/c37-36(38,39)35(40)46-34-33(44-24-29-19-11-4-12-20-29)32(43-23-28-17-9-3-10-18-28)31(42-22-27-15-7-2-8-16-27)30(45-34)25-41-21-26-13-5-1-6-14-26/h1-20,30-34H,21-25H2/t30-,31-,32+,33-,34-/m1/s1. The van der Waals surface area contributed by atoms with Crippen LogP contribution in [0.25, 0.3) is 0 Å². The minimum Gasteiger partial charge on any atom is -0.426 e. The van der Waals surface area contributed by atoms with E-state index in [-0.39, 0.29) is 33.0 Å². The molecule has 1 heterocycles. The average Bonchev–Trinajstić information content (AvgIpc) is 3.07. The van der Waals surface area contributed by atoms with E-state index in [9.17, 15) is 18.0 Å². The van der Waals surface area contributed by atoms with Crippen LogP contribution < -0.4 is 0 Å². The third-order valence-electron chi connectivity index (χ3n) is 7.30. The molecule has 0 radical (unpaired) electrons.